The Morgan fingerprint density at radius 1 is 0.809 bits per heavy atom. The molecule has 7 nitrogen and oxygen atoms in total. The van der Waals surface area contributed by atoms with E-state index < -0.39 is 28.5 Å². The predicted molar refractivity (Wildman–Crippen MR) is 191 cm³/mol. The number of carbonyl (C=O) groups is 2. The number of benzene rings is 4. The maximum Gasteiger partial charge on any atom is 0.264 e. The lowest BCUT2D eigenvalue weighted by molar-refractivity contribution is -0.140. The lowest BCUT2D eigenvalue weighted by Gasteiger charge is -2.34. The molecule has 0 spiro atoms. The van der Waals surface area contributed by atoms with E-state index in [0.29, 0.717) is 17.1 Å². The Morgan fingerprint density at radius 3 is 2.09 bits per heavy atom. The lowest BCUT2D eigenvalue weighted by atomic mass is 10.0. The van der Waals surface area contributed by atoms with Gasteiger partial charge < -0.3 is 10.2 Å². The van der Waals surface area contributed by atoms with E-state index in [1.165, 1.54) is 35.2 Å². The van der Waals surface area contributed by atoms with E-state index in [1.54, 1.807) is 30.3 Å². The van der Waals surface area contributed by atoms with E-state index in [2.05, 4.69) is 5.32 Å². The SMILES string of the molecule is CCCCNC(=O)[C@H](Cc1ccccc1)N(Cc1ccc(Cl)c(Cl)c1)C(=O)CN(c1cc(Cl)cc(Cl)c1)S(=O)(=O)c1ccc(C)cc1. The number of amides is 2. The van der Waals surface area contributed by atoms with Crippen molar-refractivity contribution in [2.75, 3.05) is 17.4 Å². The fraction of sp³-hybridized carbons (Fsp3) is 0.257. The van der Waals surface area contributed by atoms with E-state index in [1.807, 2.05) is 44.2 Å². The summed E-state index contributed by atoms with van der Waals surface area (Å²) in [5.74, 6) is -0.996. The summed E-state index contributed by atoms with van der Waals surface area (Å²) < 4.78 is 29.4. The maximum absolute atomic E-state index is 14.6. The van der Waals surface area contributed by atoms with E-state index in [4.69, 9.17) is 46.4 Å². The van der Waals surface area contributed by atoms with Crippen LogP contribution in [0.1, 0.15) is 36.5 Å². The molecule has 1 atom stereocenters. The van der Waals surface area contributed by atoms with Crippen LogP contribution in [0.3, 0.4) is 0 Å². The number of nitrogens with zero attached hydrogens (tertiary/aromatic N) is 2. The standard InChI is InChI=1S/C35H35Cl4N3O4S/c1-3-4-16-40-35(44)33(18-25-8-6-5-7-9-25)41(22-26-12-15-31(38)32(39)17-26)34(43)23-42(29-20-27(36)19-28(37)21-29)47(45,46)30-13-10-24(2)11-14-30/h5-15,17,19-21,33H,3-4,16,18,22-23H2,1-2H3,(H,40,44)/t33-/m0/s1. The van der Waals surface area contributed by atoms with Gasteiger partial charge in [-0.2, -0.15) is 0 Å². The average Bonchev–Trinajstić information content (AvgIpc) is 3.03. The minimum atomic E-state index is -4.31. The largest absolute Gasteiger partial charge is 0.354 e. The molecule has 4 aromatic rings. The van der Waals surface area contributed by atoms with Crippen LogP contribution in [-0.2, 0) is 32.6 Å². The molecule has 4 rings (SSSR count). The molecule has 2 amide bonds. The summed E-state index contributed by atoms with van der Waals surface area (Å²) in [4.78, 5) is 29.8. The first kappa shape index (κ1) is 36.6. The summed E-state index contributed by atoms with van der Waals surface area (Å²) in [5.41, 5.74) is 2.38. The van der Waals surface area contributed by atoms with Crippen LogP contribution in [0.5, 0.6) is 0 Å². The van der Waals surface area contributed by atoms with Crippen molar-refractivity contribution < 1.29 is 18.0 Å². The molecule has 12 heteroatoms. The Labute approximate surface area is 296 Å². The number of anilines is 1. The molecule has 0 aromatic heterocycles. The van der Waals surface area contributed by atoms with Gasteiger partial charge in [-0.1, -0.05) is 114 Å². The molecule has 4 aromatic carbocycles. The number of carbonyl (C=O) groups excluding carboxylic acids is 2. The third-order valence-electron chi connectivity index (χ3n) is 7.46. The van der Waals surface area contributed by atoms with Gasteiger partial charge in [0.1, 0.15) is 12.6 Å². The summed E-state index contributed by atoms with van der Waals surface area (Å²) in [6, 6.07) is 23.9. The molecule has 0 saturated carbocycles. The van der Waals surface area contributed by atoms with Gasteiger partial charge in [0.05, 0.1) is 20.6 Å². The Bertz CT molecular complexity index is 1790. The number of halogens is 4. The van der Waals surface area contributed by atoms with Gasteiger partial charge in [-0.05, 0) is 66.9 Å². The average molecular weight is 736 g/mol. The molecule has 0 radical (unpaired) electrons. The van der Waals surface area contributed by atoms with E-state index in [0.717, 1.165) is 28.3 Å². The second-order valence-electron chi connectivity index (χ2n) is 11.1. The molecular weight excluding hydrogens is 700 g/mol. The first-order valence-electron chi connectivity index (χ1n) is 15.0. The first-order chi connectivity index (χ1) is 22.4. The van der Waals surface area contributed by atoms with Crippen molar-refractivity contribution in [1.82, 2.24) is 10.2 Å². The van der Waals surface area contributed by atoms with Crippen molar-refractivity contribution in [3.63, 3.8) is 0 Å². The van der Waals surface area contributed by atoms with Gasteiger partial charge in [0.25, 0.3) is 10.0 Å². The summed E-state index contributed by atoms with van der Waals surface area (Å²) in [6.45, 7) is 3.57. The Balaban J connectivity index is 1.83. The molecule has 0 saturated heterocycles. The Morgan fingerprint density at radius 2 is 1.47 bits per heavy atom. The van der Waals surface area contributed by atoms with E-state index in [9.17, 15) is 18.0 Å². The quantitative estimate of drug-likeness (QED) is 0.132. The topological polar surface area (TPSA) is 86.8 Å². The van der Waals surface area contributed by atoms with Crippen LogP contribution in [0.4, 0.5) is 5.69 Å². The molecule has 0 aliphatic carbocycles. The lowest BCUT2D eigenvalue weighted by Crippen LogP contribution is -2.53. The molecule has 0 aliphatic rings. The third-order valence-corrected chi connectivity index (χ3v) is 10.4. The number of unbranched alkanes of at least 4 members (excludes halogenated alkanes) is 1. The molecule has 0 heterocycles. The number of sulfonamides is 1. The normalized spacial score (nSPS) is 12.0. The Kier molecular flexibility index (Phi) is 13.0. The van der Waals surface area contributed by atoms with Gasteiger partial charge in [-0.25, -0.2) is 8.42 Å². The van der Waals surface area contributed by atoms with Crippen molar-refractivity contribution in [1.29, 1.82) is 0 Å². The van der Waals surface area contributed by atoms with Gasteiger partial charge in [-0.3, -0.25) is 13.9 Å². The van der Waals surface area contributed by atoms with Crippen LogP contribution in [0.15, 0.2) is 95.9 Å². The van der Waals surface area contributed by atoms with Crippen LogP contribution in [-0.4, -0.2) is 44.3 Å². The molecule has 0 aliphatic heterocycles. The number of hydrogen-bond acceptors (Lipinski definition) is 4. The fourth-order valence-electron chi connectivity index (χ4n) is 4.94. The van der Waals surface area contributed by atoms with Crippen molar-refractivity contribution in [3.05, 3.63) is 128 Å². The van der Waals surface area contributed by atoms with Gasteiger partial charge >= 0.3 is 0 Å². The second-order valence-corrected chi connectivity index (χ2v) is 14.6. The Hall–Kier alpha value is -3.27. The van der Waals surface area contributed by atoms with Gasteiger partial charge in [0, 0.05) is 29.6 Å². The highest BCUT2D eigenvalue weighted by Crippen LogP contribution is 2.31. The highest BCUT2D eigenvalue weighted by molar-refractivity contribution is 7.92. The zero-order valence-corrected chi connectivity index (χ0v) is 29.8. The van der Waals surface area contributed by atoms with Gasteiger partial charge in [0.2, 0.25) is 11.8 Å². The van der Waals surface area contributed by atoms with Crippen molar-refractivity contribution in [2.45, 2.75) is 50.6 Å². The van der Waals surface area contributed by atoms with E-state index >= 15 is 0 Å². The summed E-state index contributed by atoms with van der Waals surface area (Å²) in [7, 11) is -4.31. The van der Waals surface area contributed by atoms with Gasteiger partial charge in [-0.15, -0.1) is 0 Å². The number of hydrogen-bond donors (Lipinski definition) is 1. The molecule has 1 N–H and O–H groups in total. The maximum atomic E-state index is 14.6. The van der Waals surface area contributed by atoms with Crippen molar-refractivity contribution in [3.8, 4) is 0 Å². The summed E-state index contributed by atoms with van der Waals surface area (Å²) >= 11 is 25.1. The van der Waals surface area contributed by atoms with Crippen LogP contribution >= 0.6 is 46.4 Å². The molecular formula is C35H35Cl4N3O4S. The molecule has 0 fully saturated rings. The van der Waals surface area contributed by atoms with Crippen LogP contribution in [0, 0.1) is 6.92 Å². The van der Waals surface area contributed by atoms with Crippen molar-refractivity contribution in [2.24, 2.45) is 0 Å². The number of nitrogens with one attached hydrogen (secondary N) is 1. The summed E-state index contributed by atoms with van der Waals surface area (Å²) in [5, 5.41) is 3.95. The van der Waals surface area contributed by atoms with E-state index in [-0.39, 0.29) is 44.5 Å². The number of rotatable bonds is 14. The monoisotopic (exact) mass is 733 g/mol. The van der Waals surface area contributed by atoms with Crippen LogP contribution in [0.2, 0.25) is 20.1 Å². The molecule has 0 bridgehead atoms. The predicted octanol–water partition coefficient (Wildman–Crippen LogP) is 8.36. The van der Waals surface area contributed by atoms with Crippen LogP contribution < -0.4 is 9.62 Å². The second kappa shape index (κ2) is 16.7. The highest BCUT2D eigenvalue weighted by atomic mass is 35.5. The van der Waals surface area contributed by atoms with Gasteiger partial charge in [0.15, 0.2) is 0 Å². The minimum Gasteiger partial charge on any atom is -0.354 e. The molecule has 248 valence electrons. The third kappa shape index (κ3) is 9.87. The van der Waals surface area contributed by atoms with Crippen LogP contribution in [0.25, 0.3) is 0 Å². The molecule has 0 unspecified atom stereocenters. The zero-order chi connectivity index (χ0) is 34.1. The first-order valence-corrected chi connectivity index (χ1v) is 17.9. The zero-order valence-electron chi connectivity index (χ0n) is 25.9. The van der Waals surface area contributed by atoms with Crippen molar-refractivity contribution >= 4 is 73.9 Å². The highest BCUT2D eigenvalue weighted by Gasteiger charge is 2.35. The number of aryl methyl sites for hydroxylation is 1. The smallest absolute Gasteiger partial charge is 0.264 e. The summed E-state index contributed by atoms with van der Waals surface area (Å²) in [6.07, 6.45) is 1.80. The fourth-order valence-corrected chi connectivity index (χ4v) is 7.18. The molecule has 47 heavy (non-hydrogen) atoms. The minimum absolute atomic E-state index is 0.0267.